The van der Waals surface area contributed by atoms with E-state index in [0.29, 0.717) is 5.95 Å². The Balaban J connectivity index is 2.82. The quantitative estimate of drug-likeness (QED) is 0.680. The summed E-state index contributed by atoms with van der Waals surface area (Å²) in [5.74, 6) is 1.30. The van der Waals surface area contributed by atoms with Gasteiger partial charge in [0, 0.05) is 13.5 Å². The molecule has 0 unspecified atom stereocenters. The first-order chi connectivity index (χ1) is 5.38. The van der Waals surface area contributed by atoms with Gasteiger partial charge in [0.15, 0.2) is 0 Å². The number of anilines is 1. The molecule has 0 fully saturated rings. The van der Waals surface area contributed by atoms with Crippen LogP contribution in [0.25, 0.3) is 0 Å². The summed E-state index contributed by atoms with van der Waals surface area (Å²) in [6, 6.07) is 0. The van der Waals surface area contributed by atoms with Crippen LogP contribution < -0.4 is 5.73 Å². The zero-order valence-electron chi connectivity index (χ0n) is 8.13. The number of aryl methyl sites for hydroxylation is 1. The molecule has 0 aliphatic heterocycles. The molecular formula is C8H16N4. The second-order valence-corrected chi connectivity index (χ2v) is 4.25. The van der Waals surface area contributed by atoms with Crippen molar-refractivity contribution in [3.8, 4) is 0 Å². The van der Waals surface area contributed by atoms with Gasteiger partial charge in [0.2, 0.25) is 5.95 Å². The summed E-state index contributed by atoms with van der Waals surface area (Å²) in [6.45, 7) is 6.49. The summed E-state index contributed by atoms with van der Waals surface area (Å²) in [7, 11) is 1.87. The maximum absolute atomic E-state index is 5.46. The molecule has 0 saturated carbocycles. The van der Waals surface area contributed by atoms with Crippen LogP contribution in [-0.4, -0.2) is 14.8 Å². The van der Waals surface area contributed by atoms with E-state index in [9.17, 15) is 0 Å². The lowest BCUT2D eigenvalue weighted by molar-refractivity contribution is 0.392. The lowest BCUT2D eigenvalue weighted by atomic mass is 9.92. The molecule has 0 radical (unpaired) electrons. The van der Waals surface area contributed by atoms with Crippen molar-refractivity contribution in [3.05, 3.63) is 5.82 Å². The van der Waals surface area contributed by atoms with Gasteiger partial charge in [-0.2, -0.15) is 4.98 Å². The summed E-state index contributed by atoms with van der Waals surface area (Å²) in [6.07, 6.45) is 0.897. The van der Waals surface area contributed by atoms with Crippen molar-refractivity contribution in [1.82, 2.24) is 14.8 Å². The van der Waals surface area contributed by atoms with E-state index in [4.69, 9.17) is 5.73 Å². The predicted molar refractivity (Wildman–Crippen MR) is 48.6 cm³/mol. The summed E-state index contributed by atoms with van der Waals surface area (Å²) >= 11 is 0. The molecule has 4 heteroatoms. The molecule has 68 valence electrons. The van der Waals surface area contributed by atoms with Gasteiger partial charge in [0.05, 0.1) is 0 Å². The van der Waals surface area contributed by atoms with Crippen molar-refractivity contribution in [2.24, 2.45) is 12.5 Å². The normalized spacial score (nSPS) is 12.0. The van der Waals surface area contributed by atoms with Gasteiger partial charge in [0.25, 0.3) is 0 Å². The first kappa shape index (κ1) is 9.03. The van der Waals surface area contributed by atoms with Gasteiger partial charge >= 0.3 is 0 Å². The average molecular weight is 168 g/mol. The topological polar surface area (TPSA) is 56.7 Å². The maximum Gasteiger partial charge on any atom is 0.239 e. The van der Waals surface area contributed by atoms with Crippen LogP contribution in [0.2, 0.25) is 0 Å². The van der Waals surface area contributed by atoms with E-state index >= 15 is 0 Å². The number of hydrogen-bond acceptors (Lipinski definition) is 3. The molecule has 0 aromatic carbocycles. The van der Waals surface area contributed by atoms with E-state index in [2.05, 4.69) is 30.9 Å². The fourth-order valence-corrected chi connectivity index (χ4v) is 1.07. The lowest BCUT2D eigenvalue weighted by Gasteiger charge is -2.16. The summed E-state index contributed by atoms with van der Waals surface area (Å²) in [5, 5.41) is 3.98. The van der Waals surface area contributed by atoms with Gasteiger partial charge in [-0.05, 0) is 5.41 Å². The highest BCUT2D eigenvalue weighted by Crippen LogP contribution is 2.19. The van der Waals surface area contributed by atoms with Gasteiger partial charge in [-0.3, -0.25) is 4.68 Å². The smallest absolute Gasteiger partial charge is 0.239 e. The zero-order chi connectivity index (χ0) is 9.35. The van der Waals surface area contributed by atoms with E-state index in [1.807, 2.05) is 7.05 Å². The number of rotatable bonds is 1. The van der Waals surface area contributed by atoms with Crippen LogP contribution in [0.4, 0.5) is 5.95 Å². The van der Waals surface area contributed by atoms with Gasteiger partial charge in [-0.25, -0.2) is 0 Å². The van der Waals surface area contributed by atoms with E-state index in [0.717, 1.165) is 12.2 Å². The van der Waals surface area contributed by atoms with E-state index < -0.39 is 0 Å². The molecule has 0 spiro atoms. The first-order valence-electron chi connectivity index (χ1n) is 4.04. The van der Waals surface area contributed by atoms with Crippen LogP contribution in [0.15, 0.2) is 0 Å². The van der Waals surface area contributed by atoms with Crippen LogP contribution in [0.3, 0.4) is 0 Å². The Hall–Kier alpha value is -1.06. The molecule has 1 aromatic heterocycles. The largest absolute Gasteiger partial charge is 0.366 e. The predicted octanol–water partition coefficient (Wildman–Crippen LogP) is 0.986. The third-order valence-corrected chi connectivity index (χ3v) is 1.56. The third-order valence-electron chi connectivity index (χ3n) is 1.56. The average Bonchev–Trinajstić information content (AvgIpc) is 2.06. The minimum absolute atomic E-state index is 0.229. The fourth-order valence-electron chi connectivity index (χ4n) is 1.07. The molecule has 1 aromatic rings. The SMILES string of the molecule is Cn1nc(N)nc1CC(C)(C)C. The minimum Gasteiger partial charge on any atom is -0.366 e. The first-order valence-corrected chi connectivity index (χ1v) is 4.04. The van der Waals surface area contributed by atoms with E-state index in [1.165, 1.54) is 0 Å². The second-order valence-electron chi connectivity index (χ2n) is 4.25. The number of nitrogens with two attached hydrogens (primary N) is 1. The minimum atomic E-state index is 0.229. The standard InChI is InChI=1S/C8H16N4/c1-8(2,3)5-6-10-7(9)11-12(6)4/h5H2,1-4H3,(H2,9,11). The molecule has 4 nitrogen and oxygen atoms in total. The number of aromatic nitrogens is 3. The van der Waals surface area contributed by atoms with Crippen molar-refractivity contribution in [2.75, 3.05) is 5.73 Å². The summed E-state index contributed by atoms with van der Waals surface area (Å²) in [4.78, 5) is 4.13. The van der Waals surface area contributed by atoms with Crippen LogP contribution in [-0.2, 0) is 13.5 Å². The Labute approximate surface area is 72.8 Å². The molecule has 0 aliphatic carbocycles. The second kappa shape index (κ2) is 2.77. The molecule has 0 saturated heterocycles. The Morgan fingerprint density at radius 2 is 2.00 bits per heavy atom. The van der Waals surface area contributed by atoms with Crippen molar-refractivity contribution in [1.29, 1.82) is 0 Å². The van der Waals surface area contributed by atoms with Crippen molar-refractivity contribution in [3.63, 3.8) is 0 Å². The number of hydrogen-bond donors (Lipinski definition) is 1. The van der Waals surface area contributed by atoms with Crippen molar-refractivity contribution in [2.45, 2.75) is 27.2 Å². The van der Waals surface area contributed by atoms with Crippen LogP contribution >= 0.6 is 0 Å². The van der Waals surface area contributed by atoms with Crippen LogP contribution in [0.5, 0.6) is 0 Å². The Morgan fingerprint density at radius 1 is 1.42 bits per heavy atom. The van der Waals surface area contributed by atoms with Crippen molar-refractivity contribution >= 4 is 5.95 Å². The number of nitrogens with zero attached hydrogens (tertiary/aromatic N) is 3. The van der Waals surface area contributed by atoms with Gasteiger partial charge in [-0.1, -0.05) is 20.8 Å². The zero-order valence-corrected chi connectivity index (χ0v) is 8.13. The third kappa shape index (κ3) is 2.22. The number of nitrogen functional groups attached to an aromatic ring is 1. The molecular weight excluding hydrogens is 152 g/mol. The molecule has 0 atom stereocenters. The fraction of sp³-hybridized carbons (Fsp3) is 0.750. The molecule has 0 bridgehead atoms. The molecule has 12 heavy (non-hydrogen) atoms. The van der Waals surface area contributed by atoms with E-state index in [-0.39, 0.29) is 5.41 Å². The maximum atomic E-state index is 5.46. The van der Waals surface area contributed by atoms with E-state index in [1.54, 1.807) is 4.68 Å². The molecule has 1 rings (SSSR count). The Morgan fingerprint density at radius 3 is 2.33 bits per heavy atom. The Bertz CT molecular complexity index is 269. The van der Waals surface area contributed by atoms with Gasteiger partial charge in [0.1, 0.15) is 5.82 Å². The van der Waals surface area contributed by atoms with Gasteiger partial charge < -0.3 is 5.73 Å². The van der Waals surface area contributed by atoms with Gasteiger partial charge in [-0.15, -0.1) is 5.10 Å². The van der Waals surface area contributed by atoms with Crippen LogP contribution in [0.1, 0.15) is 26.6 Å². The highest BCUT2D eigenvalue weighted by molar-refractivity contribution is 5.14. The monoisotopic (exact) mass is 168 g/mol. The highest BCUT2D eigenvalue weighted by atomic mass is 15.4. The molecule has 0 aliphatic rings. The highest BCUT2D eigenvalue weighted by Gasteiger charge is 2.15. The lowest BCUT2D eigenvalue weighted by Crippen LogP contribution is -2.13. The molecule has 0 amide bonds. The summed E-state index contributed by atoms with van der Waals surface area (Å²) < 4.78 is 1.74. The molecule has 2 N–H and O–H groups in total. The Kier molecular flexibility index (Phi) is 2.08. The van der Waals surface area contributed by atoms with Crippen molar-refractivity contribution < 1.29 is 0 Å². The van der Waals surface area contributed by atoms with Crippen LogP contribution in [0, 0.1) is 5.41 Å². The summed E-state index contributed by atoms with van der Waals surface area (Å²) in [5.41, 5.74) is 5.68. The molecule has 1 heterocycles.